The van der Waals surface area contributed by atoms with Gasteiger partial charge in [0.05, 0.1) is 56.5 Å². The van der Waals surface area contributed by atoms with Crippen molar-refractivity contribution < 1.29 is 61.9 Å². The van der Waals surface area contributed by atoms with E-state index in [1.54, 1.807) is 86.6 Å². The zero-order valence-corrected chi connectivity index (χ0v) is 45.1. The fourth-order valence-electron chi connectivity index (χ4n) is 7.61. The first-order chi connectivity index (χ1) is 36.9. The van der Waals surface area contributed by atoms with E-state index in [4.69, 9.17) is 37.9 Å². The summed E-state index contributed by atoms with van der Waals surface area (Å²) in [6.07, 6.45) is 18.5. The van der Waals surface area contributed by atoms with E-state index in [1.165, 1.54) is 0 Å². The Morgan fingerprint density at radius 2 is 0.658 bits per heavy atom. The molecule has 4 aromatic carbocycles. The van der Waals surface area contributed by atoms with Crippen LogP contribution in [0.4, 0.5) is 0 Å². The minimum absolute atomic E-state index is 0.183. The largest absolute Gasteiger partial charge is 0.499 e. The number of esters is 5. The third kappa shape index (κ3) is 26.4. The highest BCUT2D eigenvalue weighted by Gasteiger charge is 2.13. The van der Waals surface area contributed by atoms with Crippen LogP contribution >= 0.6 is 0 Å². The predicted octanol–water partition coefficient (Wildman–Crippen LogP) is 14.7. The summed E-state index contributed by atoms with van der Waals surface area (Å²) >= 11 is 0. The van der Waals surface area contributed by atoms with Gasteiger partial charge in [0.2, 0.25) is 0 Å². The van der Waals surface area contributed by atoms with E-state index in [-0.39, 0.29) is 17.9 Å². The van der Waals surface area contributed by atoms with Crippen molar-refractivity contribution in [3.63, 3.8) is 0 Å². The van der Waals surface area contributed by atoms with Gasteiger partial charge in [0.15, 0.2) is 0 Å². The lowest BCUT2D eigenvalue weighted by Crippen LogP contribution is -2.08. The van der Waals surface area contributed by atoms with Crippen LogP contribution in [-0.2, 0) is 33.3 Å². The maximum Gasteiger partial charge on any atom is 0.343 e. The third-order valence-electron chi connectivity index (χ3n) is 12.1. The predicted molar refractivity (Wildman–Crippen MR) is 296 cm³/mol. The van der Waals surface area contributed by atoms with Crippen molar-refractivity contribution in [1.82, 2.24) is 0 Å². The first-order valence-corrected chi connectivity index (χ1v) is 27.1. The van der Waals surface area contributed by atoms with Gasteiger partial charge < -0.3 is 37.9 Å². The number of hydrogen-bond donors (Lipinski definition) is 0. The smallest absolute Gasteiger partial charge is 0.343 e. The Balaban J connectivity index is 0.992. The van der Waals surface area contributed by atoms with Crippen LogP contribution < -0.4 is 18.9 Å². The van der Waals surface area contributed by atoms with Crippen molar-refractivity contribution in [2.24, 2.45) is 0 Å². The van der Waals surface area contributed by atoms with Crippen molar-refractivity contribution >= 4 is 29.8 Å². The van der Waals surface area contributed by atoms with E-state index in [0.717, 1.165) is 126 Å². The van der Waals surface area contributed by atoms with Crippen LogP contribution in [-0.4, -0.2) is 69.5 Å². The molecular formula is C63H80O13. The van der Waals surface area contributed by atoms with Gasteiger partial charge in [-0.3, -0.25) is 4.79 Å². The number of rotatable bonds is 40. The molecule has 0 aliphatic heterocycles. The fourth-order valence-corrected chi connectivity index (χ4v) is 7.61. The normalized spacial score (nSPS) is 10.7. The molecule has 0 saturated carbocycles. The summed E-state index contributed by atoms with van der Waals surface area (Å²) in [7, 11) is 0. The number of benzene rings is 4. The molecule has 0 aromatic heterocycles. The van der Waals surface area contributed by atoms with Crippen molar-refractivity contribution in [2.75, 3.05) is 39.6 Å². The number of unbranched alkanes of at least 4 members (excludes halogenated alkanes) is 14. The molecule has 4 aromatic rings. The molecule has 0 fully saturated rings. The van der Waals surface area contributed by atoms with Gasteiger partial charge in [-0.05, 0) is 162 Å². The minimum Gasteiger partial charge on any atom is -0.499 e. The van der Waals surface area contributed by atoms with E-state index < -0.39 is 11.9 Å². The molecule has 13 heteroatoms. The molecular weight excluding hydrogens is 965 g/mol. The van der Waals surface area contributed by atoms with Crippen molar-refractivity contribution in [2.45, 2.75) is 142 Å². The highest BCUT2D eigenvalue weighted by atomic mass is 16.6. The van der Waals surface area contributed by atoms with Crippen molar-refractivity contribution in [3.05, 3.63) is 145 Å². The van der Waals surface area contributed by atoms with Gasteiger partial charge in [-0.2, -0.15) is 0 Å². The SMILES string of the molecule is C=C(CCCCCOC(=O)C(=C)C)OCCCCCCCCOc1ccc(C(=O)Oc2ccc(-c3ccc(OC(=O)c4ccc(OCCCCCCCCOC(=O)CCCCCOC(=O)C(=C)C)cc4)cc3)cc2)cc1. The van der Waals surface area contributed by atoms with E-state index in [9.17, 15) is 24.0 Å². The summed E-state index contributed by atoms with van der Waals surface area (Å²) in [5, 5.41) is 0. The number of allylic oxidation sites excluding steroid dienone is 1. The molecule has 0 spiro atoms. The number of hydrogen-bond acceptors (Lipinski definition) is 13. The van der Waals surface area contributed by atoms with Gasteiger partial charge in [0.1, 0.15) is 23.0 Å². The third-order valence-corrected chi connectivity index (χ3v) is 12.1. The van der Waals surface area contributed by atoms with E-state index >= 15 is 0 Å². The molecule has 410 valence electrons. The number of carbonyl (C=O) groups excluding carboxylic acids is 5. The Hall–Kier alpha value is -7.15. The second kappa shape index (κ2) is 36.7. The standard InChI is InChI=1S/C63H80O13/c1-48(2)60(65)73-46-22-14-16-24-50(5)69-42-18-10-6-7-11-19-43-70-55-34-30-53(31-35-55)62(67)75-57-38-26-51(27-39-57)52-28-40-58(41-29-52)76-63(68)54-32-36-56(37-33-54)71-44-20-12-8-9-13-21-45-72-59(64)25-17-15-23-47-74-61(66)49(3)4/h26-41H,1,3,5-25,42-47H2,2,4H3. The van der Waals surface area contributed by atoms with Crippen LogP contribution in [0.5, 0.6) is 23.0 Å². The van der Waals surface area contributed by atoms with Crippen LogP contribution in [0.3, 0.4) is 0 Å². The Morgan fingerprint density at radius 1 is 0.342 bits per heavy atom. The summed E-state index contributed by atoms with van der Waals surface area (Å²) < 4.78 is 44.3. The van der Waals surface area contributed by atoms with E-state index in [2.05, 4.69) is 19.7 Å². The molecule has 0 radical (unpaired) electrons. The van der Waals surface area contributed by atoms with Gasteiger partial charge >= 0.3 is 29.8 Å². The van der Waals surface area contributed by atoms with Gasteiger partial charge in [-0.15, -0.1) is 0 Å². The van der Waals surface area contributed by atoms with Crippen LogP contribution in [0.25, 0.3) is 11.1 Å². The molecule has 0 aliphatic rings. The van der Waals surface area contributed by atoms with Gasteiger partial charge in [-0.1, -0.05) is 95.4 Å². The highest BCUT2D eigenvalue weighted by molar-refractivity contribution is 5.92. The summed E-state index contributed by atoms with van der Waals surface area (Å²) in [4.78, 5) is 60.5. The van der Waals surface area contributed by atoms with Crippen molar-refractivity contribution in [3.8, 4) is 34.1 Å². The first kappa shape index (κ1) is 61.4. The Kier molecular flexibility index (Phi) is 29.7. The van der Waals surface area contributed by atoms with Crippen LogP contribution in [0.15, 0.2) is 134 Å². The highest BCUT2D eigenvalue weighted by Crippen LogP contribution is 2.26. The molecule has 0 saturated heterocycles. The molecule has 0 atom stereocenters. The Bertz CT molecular complexity index is 2220. The monoisotopic (exact) mass is 1040 g/mol. The van der Waals surface area contributed by atoms with Crippen LogP contribution in [0.2, 0.25) is 0 Å². The second-order valence-electron chi connectivity index (χ2n) is 18.9. The lowest BCUT2D eigenvalue weighted by molar-refractivity contribution is -0.144. The zero-order chi connectivity index (χ0) is 54.6. The topological polar surface area (TPSA) is 159 Å². The molecule has 0 unspecified atom stereocenters. The lowest BCUT2D eigenvalue weighted by Gasteiger charge is -2.10. The maximum absolute atomic E-state index is 12.9. The van der Waals surface area contributed by atoms with E-state index in [1.807, 2.05) is 24.3 Å². The van der Waals surface area contributed by atoms with Gasteiger partial charge in [-0.25, -0.2) is 19.2 Å². The molecule has 4 rings (SSSR count). The second-order valence-corrected chi connectivity index (χ2v) is 18.9. The summed E-state index contributed by atoms with van der Waals surface area (Å²) in [5.74, 6) is 1.20. The quantitative estimate of drug-likeness (QED) is 0.0104. The average molecular weight is 1050 g/mol. The lowest BCUT2D eigenvalue weighted by atomic mass is 10.1. The number of carbonyl (C=O) groups is 5. The summed E-state index contributed by atoms with van der Waals surface area (Å²) in [6, 6.07) is 28.3. The van der Waals surface area contributed by atoms with E-state index in [0.29, 0.717) is 104 Å². The minimum atomic E-state index is -0.472. The van der Waals surface area contributed by atoms with Gasteiger partial charge in [0, 0.05) is 24.0 Å². The Morgan fingerprint density at radius 3 is 1.05 bits per heavy atom. The summed E-state index contributed by atoms with van der Waals surface area (Å²) in [5.41, 5.74) is 3.44. The first-order valence-electron chi connectivity index (χ1n) is 27.1. The molecule has 0 heterocycles. The average Bonchev–Trinajstić information content (AvgIpc) is 3.42. The maximum atomic E-state index is 12.9. The number of ether oxygens (including phenoxy) is 8. The van der Waals surface area contributed by atoms with Crippen LogP contribution in [0.1, 0.15) is 163 Å². The Labute approximate surface area is 450 Å². The molecule has 76 heavy (non-hydrogen) atoms. The van der Waals surface area contributed by atoms with Crippen molar-refractivity contribution in [1.29, 1.82) is 0 Å². The molecule has 0 N–H and O–H groups in total. The molecule has 13 nitrogen and oxygen atoms in total. The van der Waals surface area contributed by atoms with Gasteiger partial charge in [0.25, 0.3) is 0 Å². The molecule has 0 bridgehead atoms. The fraction of sp³-hybridized carbons (Fsp3) is 0.444. The van der Waals surface area contributed by atoms with Crippen LogP contribution in [0, 0.1) is 0 Å². The molecule has 0 amide bonds. The molecule has 0 aliphatic carbocycles. The zero-order valence-electron chi connectivity index (χ0n) is 45.1. The summed E-state index contributed by atoms with van der Waals surface area (Å²) in [6.45, 7) is 17.5.